The monoisotopic (exact) mass is 190 g/mol. The normalized spacial score (nSPS) is 10.2. The van der Waals surface area contributed by atoms with Crippen LogP contribution < -0.4 is 5.73 Å². The Labute approximate surface area is 81.2 Å². The van der Waals surface area contributed by atoms with E-state index in [1.165, 1.54) is 17.1 Å². The van der Waals surface area contributed by atoms with Crippen LogP contribution in [-0.4, -0.2) is 4.37 Å². The number of nitrogen functional groups attached to an aromatic ring is 1. The second-order valence-corrected chi connectivity index (χ2v) is 3.64. The van der Waals surface area contributed by atoms with Crippen LogP contribution in [0.15, 0.2) is 29.6 Å². The van der Waals surface area contributed by atoms with E-state index in [4.69, 9.17) is 5.73 Å². The van der Waals surface area contributed by atoms with Crippen LogP contribution in [0.1, 0.15) is 5.56 Å². The lowest BCUT2D eigenvalue weighted by Crippen LogP contribution is -1.90. The lowest BCUT2D eigenvalue weighted by atomic mass is 10.1. The first-order valence-electron chi connectivity index (χ1n) is 4.04. The third-order valence-corrected chi connectivity index (χ3v) is 2.48. The third kappa shape index (κ3) is 1.55. The Morgan fingerprint density at radius 2 is 2.15 bits per heavy atom. The Morgan fingerprint density at radius 3 is 2.77 bits per heavy atom. The number of rotatable bonds is 1. The molecule has 0 radical (unpaired) electrons. The fraction of sp³-hybridized carbons (Fsp3) is 0.100. The third-order valence-electron chi connectivity index (χ3n) is 1.92. The fourth-order valence-electron chi connectivity index (χ4n) is 1.27. The minimum Gasteiger partial charge on any atom is -0.398 e. The quantitative estimate of drug-likeness (QED) is 0.702. The zero-order valence-corrected chi connectivity index (χ0v) is 8.14. The second-order valence-electron chi connectivity index (χ2n) is 2.98. The number of nitrogens with two attached hydrogens (primary N) is 1. The van der Waals surface area contributed by atoms with Gasteiger partial charge in [0, 0.05) is 16.6 Å². The van der Waals surface area contributed by atoms with Crippen LogP contribution in [-0.2, 0) is 0 Å². The van der Waals surface area contributed by atoms with Gasteiger partial charge in [0.1, 0.15) is 0 Å². The standard InChI is InChI=1S/C10H10N2S/c1-7-2-3-8(9(11)6-7)10-4-5-13-12-10/h2-6H,11H2,1H3. The molecule has 0 bridgehead atoms. The van der Waals surface area contributed by atoms with Gasteiger partial charge in [0.05, 0.1) is 5.69 Å². The van der Waals surface area contributed by atoms with Gasteiger partial charge in [0.15, 0.2) is 0 Å². The van der Waals surface area contributed by atoms with Crippen LogP contribution in [0.2, 0.25) is 0 Å². The van der Waals surface area contributed by atoms with Crippen molar-refractivity contribution in [3.63, 3.8) is 0 Å². The molecule has 2 rings (SSSR count). The Balaban J connectivity index is 2.53. The van der Waals surface area contributed by atoms with Crippen LogP contribution in [0.4, 0.5) is 5.69 Å². The highest BCUT2D eigenvalue weighted by atomic mass is 32.1. The van der Waals surface area contributed by atoms with Crippen molar-refractivity contribution in [2.45, 2.75) is 6.92 Å². The molecule has 66 valence electrons. The van der Waals surface area contributed by atoms with Gasteiger partial charge in [-0.2, -0.15) is 4.37 Å². The molecule has 0 amide bonds. The van der Waals surface area contributed by atoms with Gasteiger partial charge >= 0.3 is 0 Å². The second kappa shape index (κ2) is 3.18. The number of aryl methyl sites for hydroxylation is 1. The largest absolute Gasteiger partial charge is 0.398 e. The van der Waals surface area contributed by atoms with Crippen LogP contribution >= 0.6 is 11.5 Å². The molecule has 0 atom stereocenters. The zero-order valence-electron chi connectivity index (χ0n) is 7.32. The number of hydrogen-bond donors (Lipinski definition) is 1. The number of anilines is 1. The highest BCUT2D eigenvalue weighted by Gasteiger charge is 2.03. The first kappa shape index (κ1) is 8.26. The van der Waals surface area contributed by atoms with Gasteiger partial charge in [-0.15, -0.1) is 0 Å². The van der Waals surface area contributed by atoms with E-state index in [1.807, 2.05) is 36.6 Å². The predicted molar refractivity (Wildman–Crippen MR) is 56.7 cm³/mol. The topological polar surface area (TPSA) is 38.9 Å². The Kier molecular flexibility index (Phi) is 2.02. The summed E-state index contributed by atoms with van der Waals surface area (Å²) in [6.07, 6.45) is 0. The van der Waals surface area contributed by atoms with E-state index in [1.54, 1.807) is 0 Å². The molecule has 0 saturated heterocycles. The molecule has 2 N–H and O–H groups in total. The lowest BCUT2D eigenvalue weighted by Gasteiger charge is -2.02. The molecule has 1 heterocycles. The summed E-state index contributed by atoms with van der Waals surface area (Å²) in [5, 5.41) is 1.95. The summed E-state index contributed by atoms with van der Waals surface area (Å²) in [6, 6.07) is 8.01. The maximum atomic E-state index is 5.88. The highest BCUT2D eigenvalue weighted by Crippen LogP contribution is 2.25. The molecule has 1 aromatic heterocycles. The van der Waals surface area contributed by atoms with E-state index in [-0.39, 0.29) is 0 Å². The van der Waals surface area contributed by atoms with E-state index >= 15 is 0 Å². The summed E-state index contributed by atoms with van der Waals surface area (Å²) >= 11 is 1.44. The van der Waals surface area contributed by atoms with Gasteiger partial charge in [-0.1, -0.05) is 12.1 Å². The maximum absolute atomic E-state index is 5.88. The minimum absolute atomic E-state index is 0.797. The molecule has 2 nitrogen and oxygen atoms in total. The molecule has 13 heavy (non-hydrogen) atoms. The summed E-state index contributed by atoms with van der Waals surface area (Å²) in [4.78, 5) is 0. The first-order chi connectivity index (χ1) is 6.27. The van der Waals surface area contributed by atoms with E-state index in [0.29, 0.717) is 0 Å². The average Bonchev–Trinajstić information content (AvgIpc) is 2.56. The maximum Gasteiger partial charge on any atom is 0.0861 e. The van der Waals surface area contributed by atoms with E-state index in [9.17, 15) is 0 Å². The van der Waals surface area contributed by atoms with Crippen LogP contribution in [0.3, 0.4) is 0 Å². The molecular weight excluding hydrogens is 180 g/mol. The summed E-state index contributed by atoms with van der Waals surface area (Å²) in [5.74, 6) is 0. The summed E-state index contributed by atoms with van der Waals surface area (Å²) in [6.45, 7) is 2.03. The van der Waals surface area contributed by atoms with Crippen molar-refractivity contribution in [2.24, 2.45) is 0 Å². The van der Waals surface area contributed by atoms with E-state index < -0.39 is 0 Å². The summed E-state index contributed by atoms with van der Waals surface area (Å²) in [5.41, 5.74) is 9.83. The van der Waals surface area contributed by atoms with Gasteiger partial charge < -0.3 is 5.73 Å². The lowest BCUT2D eigenvalue weighted by molar-refractivity contribution is 1.45. The van der Waals surface area contributed by atoms with Crippen molar-refractivity contribution in [1.82, 2.24) is 4.37 Å². The van der Waals surface area contributed by atoms with Gasteiger partial charge in [-0.25, -0.2) is 0 Å². The van der Waals surface area contributed by atoms with Gasteiger partial charge in [0.25, 0.3) is 0 Å². The molecule has 0 aliphatic rings. The van der Waals surface area contributed by atoms with Crippen LogP contribution in [0, 0.1) is 6.92 Å². The van der Waals surface area contributed by atoms with E-state index in [2.05, 4.69) is 4.37 Å². The first-order valence-corrected chi connectivity index (χ1v) is 4.88. The number of nitrogens with zero attached hydrogens (tertiary/aromatic N) is 1. The zero-order chi connectivity index (χ0) is 9.26. The predicted octanol–water partition coefficient (Wildman–Crippen LogP) is 2.70. The molecular formula is C10H10N2S. The Bertz CT molecular complexity index is 407. The van der Waals surface area contributed by atoms with Crippen molar-refractivity contribution in [3.8, 4) is 11.3 Å². The average molecular weight is 190 g/mol. The molecule has 0 unspecified atom stereocenters. The van der Waals surface area contributed by atoms with Gasteiger partial charge in [-0.05, 0) is 36.2 Å². The molecule has 1 aromatic carbocycles. The fourth-order valence-corrected chi connectivity index (χ4v) is 1.79. The minimum atomic E-state index is 0.797. The molecule has 0 spiro atoms. The van der Waals surface area contributed by atoms with Crippen molar-refractivity contribution in [3.05, 3.63) is 35.2 Å². The van der Waals surface area contributed by atoms with Crippen molar-refractivity contribution in [1.29, 1.82) is 0 Å². The molecule has 2 aromatic rings. The summed E-state index contributed by atoms with van der Waals surface area (Å²) in [7, 11) is 0. The van der Waals surface area contributed by atoms with Crippen molar-refractivity contribution >= 4 is 17.2 Å². The Morgan fingerprint density at radius 1 is 1.31 bits per heavy atom. The number of benzene rings is 1. The molecule has 0 saturated carbocycles. The van der Waals surface area contributed by atoms with E-state index in [0.717, 1.165) is 16.9 Å². The smallest absolute Gasteiger partial charge is 0.0861 e. The van der Waals surface area contributed by atoms with Crippen LogP contribution in [0.25, 0.3) is 11.3 Å². The molecule has 0 fully saturated rings. The number of aromatic nitrogens is 1. The SMILES string of the molecule is Cc1ccc(-c2ccsn2)c(N)c1. The van der Waals surface area contributed by atoms with Crippen molar-refractivity contribution in [2.75, 3.05) is 5.73 Å². The molecule has 0 aliphatic heterocycles. The summed E-state index contributed by atoms with van der Waals surface area (Å²) < 4.78 is 4.24. The molecule has 3 heteroatoms. The van der Waals surface area contributed by atoms with Crippen molar-refractivity contribution < 1.29 is 0 Å². The van der Waals surface area contributed by atoms with Gasteiger partial charge in [0.2, 0.25) is 0 Å². The molecule has 0 aliphatic carbocycles. The van der Waals surface area contributed by atoms with Crippen LogP contribution in [0.5, 0.6) is 0 Å². The van der Waals surface area contributed by atoms with Gasteiger partial charge in [-0.3, -0.25) is 0 Å². The number of hydrogen-bond acceptors (Lipinski definition) is 3. The highest BCUT2D eigenvalue weighted by molar-refractivity contribution is 7.03. The Hall–Kier alpha value is -1.35.